The van der Waals surface area contributed by atoms with E-state index in [1.165, 1.54) is 11.6 Å². The zero-order valence-electron chi connectivity index (χ0n) is 6.96. The molecule has 1 rings (SSSR count). The fraction of sp³-hybridized carbons (Fsp3) is 0.200. The van der Waals surface area contributed by atoms with Gasteiger partial charge in [0.25, 0.3) is 0 Å². The van der Waals surface area contributed by atoms with Gasteiger partial charge >= 0.3 is 0 Å². The lowest BCUT2D eigenvalue weighted by atomic mass is 10.2. The summed E-state index contributed by atoms with van der Waals surface area (Å²) in [5.41, 5.74) is 3.68. The van der Waals surface area contributed by atoms with Crippen LogP contribution in [0.4, 0.5) is 0 Å². The molecule has 0 nitrogen and oxygen atoms in total. The number of benzene rings is 1. The van der Waals surface area contributed by atoms with Crippen LogP contribution in [0.15, 0.2) is 36.0 Å². The zero-order valence-corrected chi connectivity index (χ0v) is 8.37. The van der Waals surface area contributed by atoms with E-state index in [9.17, 15) is 0 Å². The SMILES string of the molecule is CC[SiH2]C=Cc1ccccc1. The van der Waals surface area contributed by atoms with Crippen LogP contribution in [0.3, 0.4) is 0 Å². The van der Waals surface area contributed by atoms with E-state index in [2.05, 4.69) is 49.0 Å². The van der Waals surface area contributed by atoms with Crippen molar-refractivity contribution in [2.24, 2.45) is 0 Å². The van der Waals surface area contributed by atoms with Crippen molar-refractivity contribution < 1.29 is 0 Å². The van der Waals surface area contributed by atoms with Gasteiger partial charge in [-0.2, -0.15) is 0 Å². The highest BCUT2D eigenvalue weighted by Gasteiger charge is 1.80. The fourth-order valence-corrected chi connectivity index (χ4v) is 1.72. The van der Waals surface area contributed by atoms with Gasteiger partial charge in [0.15, 0.2) is 0 Å². The Bertz CT molecular complexity index is 214. The number of hydrogen-bond acceptors (Lipinski definition) is 0. The van der Waals surface area contributed by atoms with E-state index in [1.54, 1.807) is 0 Å². The molecule has 0 saturated carbocycles. The molecule has 1 aromatic rings. The maximum atomic E-state index is 2.36. The van der Waals surface area contributed by atoms with E-state index in [4.69, 9.17) is 0 Å². The fourth-order valence-electron chi connectivity index (χ4n) is 0.950. The predicted octanol–water partition coefficient (Wildman–Crippen LogP) is 2.26. The van der Waals surface area contributed by atoms with Gasteiger partial charge in [-0.3, -0.25) is 0 Å². The molecule has 0 amide bonds. The minimum Gasteiger partial charge on any atom is -0.101 e. The van der Waals surface area contributed by atoms with E-state index in [0.29, 0.717) is 0 Å². The van der Waals surface area contributed by atoms with Crippen LogP contribution < -0.4 is 0 Å². The Balaban J connectivity index is 2.50. The molecule has 0 N–H and O–H groups in total. The summed E-state index contributed by atoms with van der Waals surface area (Å²) in [5.74, 6) is 0. The van der Waals surface area contributed by atoms with E-state index in [1.807, 2.05) is 0 Å². The summed E-state index contributed by atoms with van der Waals surface area (Å²) < 4.78 is 0. The predicted molar refractivity (Wildman–Crippen MR) is 54.5 cm³/mol. The van der Waals surface area contributed by atoms with Gasteiger partial charge in [0.1, 0.15) is 0 Å². The Morgan fingerprint density at radius 2 is 2.00 bits per heavy atom. The topological polar surface area (TPSA) is 0 Å². The molecule has 0 spiro atoms. The van der Waals surface area contributed by atoms with Crippen molar-refractivity contribution in [2.45, 2.75) is 13.0 Å². The molecule has 0 saturated heterocycles. The third-order valence-electron chi connectivity index (χ3n) is 1.57. The monoisotopic (exact) mass is 162 g/mol. The quantitative estimate of drug-likeness (QED) is 0.598. The molecule has 0 aliphatic carbocycles. The normalized spacial score (nSPS) is 11.7. The molecule has 0 atom stereocenters. The standard InChI is InChI=1S/C10H14Si/c1-2-11-9-8-10-6-4-3-5-7-10/h3-9H,2,11H2,1H3. The largest absolute Gasteiger partial charge is 0.101 e. The van der Waals surface area contributed by atoms with Crippen LogP contribution in [0.2, 0.25) is 6.04 Å². The van der Waals surface area contributed by atoms with Gasteiger partial charge in [0.05, 0.1) is 0 Å². The van der Waals surface area contributed by atoms with Gasteiger partial charge in [-0.15, -0.1) is 5.70 Å². The van der Waals surface area contributed by atoms with E-state index < -0.39 is 0 Å². The number of hydrogen-bond donors (Lipinski definition) is 0. The molecule has 1 heteroatoms. The lowest BCUT2D eigenvalue weighted by Crippen LogP contribution is -1.77. The molecule has 58 valence electrons. The number of rotatable bonds is 3. The molecule has 0 heterocycles. The molecule has 11 heavy (non-hydrogen) atoms. The first kappa shape index (κ1) is 8.28. The molecule has 0 fully saturated rings. The summed E-state index contributed by atoms with van der Waals surface area (Å²) in [7, 11) is 0.0973. The molecule has 1 aromatic carbocycles. The van der Waals surface area contributed by atoms with Crippen LogP contribution in [0, 0.1) is 0 Å². The summed E-state index contributed by atoms with van der Waals surface area (Å²) >= 11 is 0. The molecule has 0 bridgehead atoms. The van der Waals surface area contributed by atoms with Crippen molar-refractivity contribution in [3.8, 4) is 0 Å². The van der Waals surface area contributed by atoms with E-state index in [0.717, 1.165) is 0 Å². The smallest absolute Gasteiger partial charge is 0.0451 e. The second-order valence-corrected chi connectivity index (χ2v) is 4.65. The van der Waals surface area contributed by atoms with Crippen molar-refractivity contribution in [1.82, 2.24) is 0 Å². The van der Waals surface area contributed by atoms with Crippen LogP contribution in [0.25, 0.3) is 6.08 Å². The molecular weight excluding hydrogens is 148 g/mol. The first-order valence-electron chi connectivity index (χ1n) is 4.15. The third kappa shape index (κ3) is 3.19. The van der Waals surface area contributed by atoms with Gasteiger partial charge in [-0.1, -0.05) is 49.4 Å². The Hall–Kier alpha value is -0.823. The van der Waals surface area contributed by atoms with Crippen LogP contribution >= 0.6 is 0 Å². The van der Waals surface area contributed by atoms with Gasteiger partial charge < -0.3 is 0 Å². The molecular formula is C10H14Si. The summed E-state index contributed by atoms with van der Waals surface area (Å²) in [4.78, 5) is 0. The molecule has 0 aliphatic rings. The first-order chi connectivity index (χ1) is 5.43. The zero-order chi connectivity index (χ0) is 7.94. The Kier molecular flexibility index (Phi) is 3.69. The highest BCUT2D eigenvalue weighted by molar-refractivity contribution is 6.42. The third-order valence-corrected chi connectivity index (χ3v) is 2.71. The van der Waals surface area contributed by atoms with Crippen molar-refractivity contribution >= 4 is 15.6 Å². The van der Waals surface area contributed by atoms with Crippen LogP contribution in [-0.4, -0.2) is 9.52 Å². The summed E-state index contributed by atoms with van der Waals surface area (Å²) in [6, 6.07) is 11.8. The van der Waals surface area contributed by atoms with Crippen molar-refractivity contribution in [3.63, 3.8) is 0 Å². The van der Waals surface area contributed by atoms with Crippen molar-refractivity contribution in [2.75, 3.05) is 0 Å². The van der Waals surface area contributed by atoms with Gasteiger partial charge in [0.2, 0.25) is 0 Å². The second kappa shape index (κ2) is 4.91. The average Bonchev–Trinajstić information content (AvgIpc) is 2.07. The molecule has 0 aliphatic heterocycles. The summed E-state index contributed by atoms with van der Waals surface area (Å²) in [5, 5.41) is 0. The first-order valence-corrected chi connectivity index (χ1v) is 5.96. The van der Waals surface area contributed by atoms with Crippen LogP contribution in [0.5, 0.6) is 0 Å². The van der Waals surface area contributed by atoms with Crippen LogP contribution in [0.1, 0.15) is 12.5 Å². The van der Waals surface area contributed by atoms with Crippen molar-refractivity contribution in [1.29, 1.82) is 0 Å². The van der Waals surface area contributed by atoms with Crippen LogP contribution in [-0.2, 0) is 0 Å². The summed E-state index contributed by atoms with van der Waals surface area (Å²) in [6.45, 7) is 2.25. The highest BCUT2D eigenvalue weighted by atomic mass is 28.2. The van der Waals surface area contributed by atoms with E-state index >= 15 is 0 Å². The minimum atomic E-state index is 0.0973. The summed E-state index contributed by atoms with van der Waals surface area (Å²) in [6.07, 6.45) is 2.23. The van der Waals surface area contributed by atoms with E-state index in [-0.39, 0.29) is 9.52 Å². The molecule has 0 unspecified atom stereocenters. The maximum Gasteiger partial charge on any atom is 0.0451 e. The Morgan fingerprint density at radius 3 is 2.64 bits per heavy atom. The second-order valence-electron chi connectivity index (χ2n) is 2.60. The van der Waals surface area contributed by atoms with Crippen molar-refractivity contribution in [3.05, 3.63) is 41.6 Å². The highest BCUT2D eigenvalue weighted by Crippen LogP contribution is 1.99. The lowest BCUT2D eigenvalue weighted by molar-refractivity contribution is 1.46. The Labute approximate surface area is 70.8 Å². The molecule has 0 radical (unpaired) electrons. The lowest BCUT2D eigenvalue weighted by Gasteiger charge is -1.89. The maximum absolute atomic E-state index is 2.36. The molecule has 0 aromatic heterocycles. The van der Waals surface area contributed by atoms with Gasteiger partial charge in [-0.05, 0) is 5.56 Å². The Morgan fingerprint density at radius 1 is 1.27 bits per heavy atom. The van der Waals surface area contributed by atoms with Gasteiger partial charge in [0, 0.05) is 9.52 Å². The minimum absolute atomic E-state index is 0.0973. The average molecular weight is 162 g/mol. The van der Waals surface area contributed by atoms with Gasteiger partial charge in [-0.25, -0.2) is 0 Å².